The van der Waals surface area contributed by atoms with E-state index in [0.717, 1.165) is 11.3 Å². The maximum atomic E-state index is 11.3. The van der Waals surface area contributed by atoms with E-state index >= 15 is 0 Å². The quantitative estimate of drug-likeness (QED) is 0.847. The summed E-state index contributed by atoms with van der Waals surface area (Å²) in [6.07, 6.45) is 0. The molecule has 0 radical (unpaired) electrons. The third-order valence-corrected chi connectivity index (χ3v) is 2.93. The fourth-order valence-electron chi connectivity index (χ4n) is 1.68. The van der Waals surface area contributed by atoms with Crippen LogP contribution in [0.15, 0.2) is 24.3 Å². The minimum atomic E-state index is -1.00. The summed E-state index contributed by atoms with van der Waals surface area (Å²) in [4.78, 5) is 13.3. The molecule has 0 saturated carbocycles. The number of benzene rings is 1. The highest BCUT2D eigenvalue weighted by Crippen LogP contribution is 2.26. The minimum Gasteiger partial charge on any atom is -0.481 e. The van der Waals surface area contributed by atoms with Crippen LogP contribution in [0.2, 0.25) is 0 Å². The van der Waals surface area contributed by atoms with Crippen LogP contribution >= 0.6 is 0 Å². The zero-order valence-corrected chi connectivity index (χ0v) is 10.7. The second-order valence-corrected chi connectivity index (χ2v) is 4.51. The Bertz CT molecular complexity index is 386. The average molecular weight is 237 g/mol. The normalized spacial score (nSPS) is 14.1. The number of methoxy groups -OCH3 is 1. The molecule has 94 valence electrons. The highest BCUT2D eigenvalue weighted by atomic mass is 16.5. The van der Waals surface area contributed by atoms with Gasteiger partial charge in [-0.2, -0.15) is 0 Å². The Labute approximate surface area is 102 Å². The van der Waals surface area contributed by atoms with Crippen molar-refractivity contribution in [2.24, 2.45) is 0 Å². The Morgan fingerprint density at radius 2 is 1.88 bits per heavy atom. The van der Waals surface area contributed by atoms with E-state index in [0.29, 0.717) is 0 Å². The number of carboxylic acids is 1. The zero-order valence-electron chi connectivity index (χ0n) is 10.7. The molecule has 0 saturated heterocycles. The number of aliphatic carboxylic acids is 1. The van der Waals surface area contributed by atoms with Crippen molar-refractivity contribution in [2.75, 3.05) is 32.7 Å². The highest BCUT2D eigenvalue weighted by molar-refractivity contribution is 5.81. The van der Waals surface area contributed by atoms with Crippen molar-refractivity contribution in [1.29, 1.82) is 0 Å². The van der Waals surface area contributed by atoms with Gasteiger partial charge in [0.2, 0.25) is 0 Å². The van der Waals surface area contributed by atoms with Gasteiger partial charge in [-0.15, -0.1) is 0 Å². The lowest BCUT2D eigenvalue weighted by molar-refractivity contribution is -0.145. The summed E-state index contributed by atoms with van der Waals surface area (Å²) in [7, 11) is 5.40. The van der Waals surface area contributed by atoms with Gasteiger partial charge in [0.05, 0.1) is 6.61 Å². The molecule has 1 N–H and O–H groups in total. The first-order chi connectivity index (χ1) is 7.91. The van der Waals surface area contributed by atoms with Crippen LogP contribution in [0.1, 0.15) is 12.5 Å². The van der Waals surface area contributed by atoms with Crippen molar-refractivity contribution in [3.05, 3.63) is 29.8 Å². The molecule has 0 spiro atoms. The van der Waals surface area contributed by atoms with Crippen LogP contribution in [0.25, 0.3) is 0 Å². The SMILES string of the molecule is COCC(C)(C(=O)O)c1ccc(N(C)C)cc1. The number of carboxylic acid groups (broad SMARTS) is 1. The molecule has 1 aromatic carbocycles. The minimum absolute atomic E-state index is 0.156. The Hall–Kier alpha value is -1.55. The molecule has 1 unspecified atom stereocenters. The summed E-state index contributed by atoms with van der Waals surface area (Å²) in [6.45, 7) is 1.83. The van der Waals surface area contributed by atoms with Crippen molar-refractivity contribution in [3.63, 3.8) is 0 Å². The van der Waals surface area contributed by atoms with Crippen LogP contribution < -0.4 is 4.90 Å². The van der Waals surface area contributed by atoms with Crippen LogP contribution in [0.3, 0.4) is 0 Å². The Morgan fingerprint density at radius 3 is 2.24 bits per heavy atom. The second kappa shape index (κ2) is 5.19. The van der Waals surface area contributed by atoms with E-state index in [2.05, 4.69) is 0 Å². The topological polar surface area (TPSA) is 49.8 Å². The first-order valence-electron chi connectivity index (χ1n) is 5.42. The van der Waals surface area contributed by atoms with E-state index in [4.69, 9.17) is 4.74 Å². The molecule has 4 heteroatoms. The molecule has 0 aromatic heterocycles. The maximum Gasteiger partial charge on any atom is 0.316 e. The van der Waals surface area contributed by atoms with Gasteiger partial charge in [-0.1, -0.05) is 12.1 Å². The lowest BCUT2D eigenvalue weighted by atomic mass is 9.83. The second-order valence-electron chi connectivity index (χ2n) is 4.51. The summed E-state index contributed by atoms with van der Waals surface area (Å²) in [5.74, 6) is -0.878. The van der Waals surface area contributed by atoms with Crippen LogP contribution in [-0.4, -0.2) is 38.9 Å². The molecule has 0 aliphatic heterocycles. The molecule has 0 aliphatic carbocycles. The van der Waals surface area contributed by atoms with Gasteiger partial charge in [0.1, 0.15) is 5.41 Å². The summed E-state index contributed by atoms with van der Waals surface area (Å²) in [5.41, 5.74) is 0.788. The molecule has 1 atom stereocenters. The molecule has 0 heterocycles. The molecule has 1 rings (SSSR count). The van der Waals surface area contributed by atoms with Crippen molar-refractivity contribution < 1.29 is 14.6 Å². The van der Waals surface area contributed by atoms with Gasteiger partial charge < -0.3 is 14.7 Å². The Balaban J connectivity index is 3.08. The smallest absolute Gasteiger partial charge is 0.316 e. The van der Waals surface area contributed by atoms with Crippen LogP contribution in [0, 0.1) is 0 Å². The molecule has 0 bridgehead atoms. The van der Waals surface area contributed by atoms with E-state index in [1.807, 2.05) is 43.3 Å². The lowest BCUT2D eigenvalue weighted by Crippen LogP contribution is -2.37. The molecule has 0 fully saturated rings. The van der Waals surface area contributed by atoms with Crippen molar-refractivity contribution in [2.45, 2.75) is 12.3 Å². The standard InChI is InChI=1S/C13H19NO3/c1-13(9-17-4,12(15)16)10-5-7-11(8-6-10)14(2)3/h5-8H,9H2,1-4H3,(H,15,16). The number of carbonyl (C=O) groups is 1. The summed E-state index contributed by atoms with van der Waals surface area (Å²) < 4.78 is 5.01. The maximum absolute atomic E-state index is 11.3. The van der Waals surface area contributed by atoms with Gasteiger partial charge >= 0.3 is 5.97 Å². The van der Waals surface area contributed by atoms with Gasteiger partial charge in [0.15, 0.2) is 0 Å². The van der Waals surface area contributed by atoms with Gasteiger partial charge in [-0.25, -0.2) is 0 Å². The van der Waals surface area contributed by atoms with E-state index in [1.165, 1.54) is 7.11 Å². The molecular formula is C13H19NO3. The molecule has 0 aliphatic rings. The monoisotopic (exact) mass is 237 g/mol. The highest BCUT2D eigenvalue weighted by Gasteiger charge is 2.35. The fraction of sp³-hybridized carbons (Fsp3) is 0.462. The average Bonchev–Trinajstić information content (AvgIpc) is 2.29. The summed E-state index contributed by atoms with van der Waals surface area (Å²) >= 11 is 0. The van der Waals surface area contributed by atoms with E-state index < -0.39 is 11.4 Å². The Morgan fingerprint density at radius 1 is 1.35 bits per heavy atom. The van der Waals surface area contributed by atoms with E-state index in [9.17, 15) is 9.90 Å². The number of hydrogen-bond acceptors (Lipinski definition) is 3. The first kappa shape index (κ1) is 13.5. The van der Waals surface area contributed by atoms with Gasteiger partial charge in [0.25, 0.3) is 0 Å². The fourth-order valence-corrected chi connectivity index (χ4v) is 1.68. The number of rotatable bonds is 5. The zero-order chi connectivity index (χ0) is 13.1. The molecule has 4 nitrogen and oxygen atoms in total. The first-order valence-corrected chi connectivity index (χ1v) is 5.42. The number of ether oxygens (including phenoxy) is 1. The van der Waals surface area contributed by atoms with Crippen molar-refractivity contribution in [1.82, 2.24) is 0 Å². The van der Waals surface area contributed by atoms with Gasteiger partial charge in [-0.05, 0) is 24.6 Å². The summed E-state index contributed by atoms with van der Waals surface area (Å²) in [6, 6.07) is 7.49. The molecule has 1 aromatic rings. The van der Waals surface area contributed by atoms with Crippen molar-refractivity contribution >= 4 is 11.7 Å². The number of hydrogen-bond donors (Lipinski definition) is 1. The predicted octanol–water partition coefficient (Wildman–Crippen LogP) is 1.74. The molecule has 17 heavy (non-hydrogen) atoms. The van der Waals surface area contributed by atoms with E-state index in [1.54, 1.807) is 6.92 Å². The predicted molar refractivity (Wildman–Crippen MR) is 67.6 cm³/mol. The van der Waals surface area contributed by atoms with Gasteiger partial charge in [-0.3, -0.25) is 4.79 Å². The number of anilines is 1. The van der Waals surface area contributed by atoms with Crippen LogP contribution in [0.5, 0.6) is 0 Å². The third kappa shape index (κ3) is 2.77. The lowest BCUT2D eigenvalue weighted by Gasteiger charge is -2.25. The third-order valence-electron chi connectivity index (χ3n) is 2.93. The largest absolute Gasteiger partial charge is 0.481 e. The van der Waals surface area contributed by atoms with Crippen LogP contribution in [0.4, 0.5) is 5.69 Å². The van der Waals surface area contributed by atoms with E-state index in [-0.39, 0.29) is 6.61 Å². The number of nitrogens with zero attached hydrogens (tertiary/aromatic N) is 1. The van der Waals surface area contributed by atoms with Crippen LogP contribution in [-0.2, 0) is 14.9 Å². The van der Waals surface area contributed by atoms with Gasteiger partial charge in [0, 0.05) is 26.9 Å². The summed E-state index contributed by atoms with van der Waals surface area (Å²) in [5, 5.41) is 9.31. The molecule has 0 amide bonds. The van der Waals surface area contributed by atoms with Crippen molar-refractivity contribution in [3.8, 4) is 0 Å². The molecular weight excluding hydrogens is 218 g/mol. The Kier molecular flexibility index (Phi) is 4.12.